The van der Waals surface area contributed by atoms with Crippen LogP contribution in [0.5, 0.6) is 0 Å². The standard InChI is InChI=1S/C15H21N/c1-12-4-2-3-5-14(12)15(8-9-15)13-6-10-16-11-7-13/h2-5,13,16H,6-11H2,1H3. The topological polar surface area (TPSA) is 12.0 Å². The third kappa shape index (κ3) is 1.58. The Morgan fingerprint density at radius 3 is 2.44 bits per heavy atom. The largest absolute Gasteiger partial charge is 0.317 e. The van der Waals surface area contributed by atoms with Crippen LogP contribution in [0.3, 0.4) is 0 Å². The fraction of sp³-hybridized carbons (Fsp3) is 0.600. The van der Waals surface area contributed by atoms with E-state index in [2.05, 4.69) is 36.5 Å². The number of hydrogen-bond donors (Lipinski definition) is 1. The van der Waals surface area contributed by atoms with E-state index in [0.29, 0.717) is 5.41 Å². The van der Waals surface area contributed by atoms with Crippen molar-refractivity contribution in [1.82, 2.24) is 5.32 Å². The van der Waals surface area contributed by atoms with Crippen molar-refractivity contribution in [3.05, 3.63) is 35.4 Å². The Morgan fingerprint density at radius 1 is 1.12 bits per heavy atom. The molecule has 0 atom stereocenters. The summed E-state index contributed by atoms with van der Waals surface area (Å²) in [5.74, 6) is 0.926. The molecule has 1 aliphatic carbocycles. The fourth-order valence-electron chi connectivity index (χ4n) is 3.54. The summed E-state index contributed by atoms with van der Waals surface area (Å²) >= 11 is 0. The quantitative estimate of drug-likeness (QED) is 0.799. The van der Waals surface area contributed by atoms with E-state index in [1.54, 1.807) is 5.56 Å². The molecule has 1 saturated heterocycles. The lowest BCUT2D eigenvalue weighted by Gasteiger charge is -2.32. The minimum absolute atomic E-state index is 0.563. The van der Waals surface area contributed by atoms with Gasteiger partial charge in [-0.2, -0.15) is 0 Å². The number of piperidine rings is 1. The van der Waals surface area contributed by atoms with Crippen molar-refractivity contribution in [1.29, 1.82) is 0 Å². The molecule has 3 rings (SSSR count). The molecule has 1 aromatic rings. The summed E-state index contributed by atoms with van der Waals surface area (Å²) in [6.07, 6.45) is 5.58. The van der Waals surface area contributed by atoms with E-state index >= 15 is 0 Å². The molecule has 16 heavy (non-hydrogen) atoms. The zero-order valence-corrected chi connectivity index (χ0v) is 10.1. The van der Waals surface area contributed by atoms with Gasteiger partial charge in [0.25, 0.3) is 0 Å². The van der Waals surface area contributed by atoms with Crippen LogP contribution >= 0.6 is 0 Å². The molecular formula is C15H21N. The van der Waals surface area contributed by atoms with Crippen LogP contribution < -0.4 is 5.32 Å². The Hall–Kier alpha value is -0.820. The van der Waals surface area contributed by atoms with Crippen LogP contribution in [0.25, 0.3) is 0 Å². The molecular weight excluding hydrogens is 194 g/mol. The lowest BCUT2D eigenvalue weighted by atomic mass is 9.76. The van der Waals surface area contributed by atoms with Gasteiger partial charge in [0.05, 0.1) is 0 Å². The van der Waals surface area contributed by atoms with Crippen molar-refractivity contribution in [2.75, 3.05) is 13.1 Å². The van der Waals surface area contributed by atoms with E-state index in [9.17, 15) is 0 Å². The highest BCUT2D eigenvalue weighted by Gasteiger charge is 2.50. The molecule has 1 aliphatic heterocycles. The molecule has 0 bridgehead atoms. The van der Waals surface area contributed by atoms with Crippen LogP contribution in [-0.4, -0.2) is 13.1 Å². The van der Waals surface area contributed by atoms with Gasteiger partial charge in [-0.3, -0.25) is 0 Å². The molecule has 2 aliphatic rings. The summed E-state index contributed by atoms with van der Waals surface area (Å²) in [5.41, 5.74) is 3.70. The minimum Gasteiger partial charge on any atom is -0.317 e. The van der Waals surface area contributed by atoms with Crippen LogP contribution in [0, 0.1) is 12.8 Å². The second-order valence-electron chi connectivity index (χ2n) is 5.50. The van der Waals surface area contributed by atoms with E-state index in [-0.39, 0.29) is 0 Å². The maximum absolute atomic E-state index is 3.48. The first-order chi connectivity index (χ1) is 7.83. The summed E-state index contributed by atoms with van der Waals surface area (Å²) in [4.78, 5) is 0. The molecule has 1 N–H and O–H groups in total. The van der Waals surface area contributed by atoms with Crippen molar-refractivity contribution in [2.45, 2.75) is 38.0 Å². The second kappa shape index (κ2) is 3.89. The summed E-state index contributed by atoms with van der Waals surface area (Å²) < 4.78 is 0. The minimum atomic E-state index is 0.563. The normalized spacial score (nSPS) is 24.3. The second-order valence-corrected chi connectivity index (χ2v) is 5.50. The maximum Gasteiger partial charge on any atom is -0.00145 e. The molecule has 1 saturated carbocycles. The van der Waals surface area contributed by atoms with Gasteiger partial charge < -0.3 is 5.32 Å². The van der Waals surface area contributed by atoms with Gasteiger partial charge in [-0.1, -0.05) is 24.3 Å². The fourth-order valence-corrected chi connectivity index (χ4v) is 3.54. The summed E-state index contributed by atoms with van der Waals surface area (Å²) in [5, 5.41) is 3.48. The average molecular weight is 215 g/mol. The molecule has 0 aromatic heterocycles. The lowest BCUT2D eigenvalue weighted by Crippen LogP contribution is -2.34. The van der Waals surface area contributed by atoms with E-state index in [0.717, 1.165) is 5.92 Å². The molecule has 0 spiro atoms. The van der Waals surface area contributed by atoms with Crippen molar-refractivity contribution in [3.8, 4) is 0 Å². The molecule has 0 amide bonds. The van der Waals surface area contributed by atoms with Gasteiger partial charge in [-0.25, -0.2) is 0 Å². The van der Waals surface area contributed by atoms with Gasteiger partial charge in [0.15, 0.2) is 0 Å². The number of aryl methyl sites for hydroxylation is 1. The number of nitrogens with one attached hydrogen (secondary N) is 1. The first kappa shape index (κ1) is 10.3. The number of hydrogen-bond acceptors (Lipinski definition) is 1. The zero-order valence-electron chi connectivity index (χ0n) is 10.1. The Labute approximate surface area is 98.3 Å². The molecule has 1 nitrogen and oxygen atoms in total. The molecule has 1 heteroatoms. The number of benzene rings is 1. The van der Waals surface area contributed by atoms with E-state index in [4.69, 9.17) is 0 Å². The van der Waals surface area contributed by atoms with E-state index in [1.165, 1.54) is 44.3 Å². The number of rotatable bonds is 2. The molecule has 0 unspecified atom stereocenters. The average Bonchev–Trinajstić information content (AvgIpc) is 3.12. The Kier molecular flexibility index (Phi) is 2.51. The highest BCUT2D eigenvalue weighted by molar-refractivity contribution is 5.38. The van der Waals surface area contributed by atoms with Crippen LogP contribution in [0.4, 0.5) is 0 Å². The molecule has 86 valence electrons. The smallest absolute Gasteiger partial charge is 0.00145 e. The predicted octanol–water partition coefficient (Wildman–Crippen LogP) is 3.03. The third-order valence-electron chi connectivity index (χ3n) is 4.59. The van der Waals surface area contributed by atoms with Crippen molar-refractivity contribution < 1.29 is 0 Å². The first-order valence-corrected chi connectivity index (χ1v) is 6.60. The Bertz CT molecular complexity index is 373. The molecule has 1 aromatic carbocycles. The van der Waals surface area contributed by atoms with Gasteiger partial charge >= 0.3 is 0 Å². The highest BCUT2D eigenvalue weighted by atomic mass is 14.9. The van der Waals surface area contributed by atoms with Gasteiger partial charge in [0.2, 0.25) is 0 Å². The van der Waals surface area contributed by atoms with Crippen LogP contribution in [-0.2, 0) is 5.41 Å². The molecule has 0 radical (unpaired) electrons. The van der Waals surface area contributed by atoms with Crippen LogP contribution in [0.2, 0.25) is 0 Å². The zero-order chi connectivity index (χ0) is 11.0. The lowest BCUT2D eigenvalue weighted by molar-refractivity contribution is 0.302. The molecule has 1 heterocycles. The maximum atomic E-state index is 3.48. The predicted molar refractivity (Wildman–Crippen MR) is 67.7 cm³/mol. The van der Waals surface area contributed by atoms with Crippen molar-refractivity contribution >= 4 is 0 Å². The monoisotopic (exact) mass is 215 g/mol. The van der Waals surface area contributed by atoms with E-state index in [1.807, 2.05) is 0 Å². The van der Waals surface area contributed by atoms with Crippen molar-refractivity contribution in [2.24, 2.45) is 5.92 Å². The third-order valence-corrected chi connectivity index (χ3v) is 4.59. The first-order valence-electron chi connectivity index (χ1n) is 6.60. The van der Waals surface area contributed by atoms with Gasteiger partial charge in [-0.15, -0.1) is 0 Å². The summed E-state index contributed by atoms with van der Waals surface area (Å²) in [6, 6.07) is 9.02. The van der Waals surface area contributed by atoms with Gasteiger partial charge in [-0.05, 0) is 68.2 Å². The summed E-state index contributed by atoms with van der Waals surface area (Å²) in [7, 11) is 0. The van der Waals surface area contributed by atoms with Crippen LogP contribution in [0.15, 0.2) is 24.3 Å². The Balaban J connectivity index is 1.90. The molecule has 2 fully saturated rings. The van der Waals surface area contributed by atoms with Crippen LogP contribution in [0.1, 0.15) is 36.8 Å². The summed E-state index contributed by atoms with van der Waals surface area (Å²) in [6.45, 7) is 4.72. The Morgan fingerprint density at radius 2 is 1.81 bits per heavy atom. The van der Waals surface area contributed by atoms with E-state index < -0.39 is 0 Å². The van der Waals surface area contributed by atoms with Gasteiger partial charge in [0.1, 0.15) is 0 Å². The SMILES string of the molecule is Cc1ccccc1C1(C2CCNCC2)CC1. The van der Waals surface area contributed by atoms with Gasteiger partial charge in [0, 0.05) is 0 Å². The highest BCUT2D eigenvalue weighted by Crippen LogP contribution is 2.57. The van der Waals surface area contributed by atoms with Crippen molar-refractivity contribution in [3.63, 3.8) is 0 Å².